The molecule has 1 N–H and O–H groups in total. The molecule has 0 aliphatic carbocycles. The first-order chi connectivity index (χ1) is 6.65. The summed E-state index contributed by atoms with van der Waals surface area (Å²) < 4.78 is 5.53. The summed E-state index contributed by atoms with van der Waals surface area (Å²) in [5, 5.41) is 3.04. The van der Waals surface area contributed by atoms with E-state index in [0.29, 0.717) is 0 Å². The SMILES string of the molecule is COC(=O)C(C)Nc1ccccc1Br. The molecule has 1 unspecified atom stereocenters. The van der Waals surface area contributed by atoms with Gasteiger partial charge in [0.05, 0.1) is 7.11 Å². The van der Waals surface area contributed by atoms with E-state index in [1.165, 1.54) is 7.11 Å². The number of ether oxygens (including phenoxy) is 1. The van der Waals surface area contributed by atoms with E-state index in [-0.39, 0.29) is 12.0 Å². The predicted molar refractivity (Wildman–Crippen MR) is 59.2 cm³/mol. The third kappa shape index (κ3) is 2.73. The van der Waals surface area contributed by atoms with Gasteiger partial charge >= 0.3 is 5.97 Å². The van der Waals surface area contributed by atoms with Crippen LogP contribution in [-0.4, -0.2) is 19.1 Å². The summed E-state index contributed by atoms with van der Waals surface area (Å²) in [6, 6.07) is 7.27. The molecule has 0 saturated carbocycles. The Morgan fingerprint density at radius 3 is 2.71 bits per heavy atom. The molecule has 0 saturated heterocycles. The van der Waals surface area contributed by atoms with E-state index in [1.54, 1.807) is 6.92 Å². The maximum atomic E-state index is 11.1. The van der Waals surface area contributed by atoms with Gasteiger partial charge in [-0.2, -0.15) is 0 Å². The largest absolute Gasteiger partial charge is 0.467 e. The Labute approximate surface area is 91.6 Å². The van der Waals surface area contributed by atoms with Gasteiger partial charge in [0.15, 0.2) is 0 Å². The minimum Gasteiger partial charge on any atom is -0.467 e. The van der Waals surface area contributed by atoms with Crippen molar-refractivity contribution in [2.75, 3.05) is 12.4 Å². The highest BCUT2D eigenvalue weighted by Crippen LogP contribution is 2.21. The highest BCUT2D eigenvalue weighted by Gasteiger charge is 2.12. The lowest BCUT2D eigenvalue weighted by Gasteiger charge is -2.13. The van der Waals surface area contributed by atoms with Crippen LogP contribution in [0.5, 0.6) is 0 Å². The summed E-state index contributed by atoms with van der Waals surface area (Å²) in [6.07, 6.45) is 0. The van der Waals surface area contributed by atoms with Crippen LogP contribution in [0.25, 0.3) is 0 Å². The van der Waals surface area contributed by atoms with Gasteiger partial charge in [0.2, 0.25) is 0 Å². The summed E-state index contributed by atoms with van der Waals surface area (Å²) in [5.74, 6) is -0.277. The molecule has 3 nitrogen and oxygen atoms in total. The Bertz CT molecular complexity index is 328. The standard InChI is InChI=1S/C10H12BrNO2/c1-7(10(13)14-2)12-9-6-4-3-5-8(9)11/h3-7,12H,1-2H3. The summed E-state index contributed by atoms with van der Waals surface area (Å²) in [7, 11) is 1.38. The summed E-state index contributed by atoms with van der Waals surface area (Å²) in [4.78, 5) is 11.1. The van der Waals surface area contributed by atoms with Crippen molar-refractivity contribution in [1.29, 1.82) is 0 Å². The fourth-order valence-corrected chi connectivity index (χ4v) is 1.45. The Morgan fingerprint density at radius 2 is 2.14 bits per heavy atom. The quantitative estimate of drug-likeness (QED) is 0.846. The molecule has 76 valence electrons. The second-order valence-corrected chi connectivity index (χ2v) is 3.72. The zero-order valence-corrected chi connectivity index (χ0v) is 9.67. The number of halogens is 1. The van der Waals surface area contributed by atoms with E-state index >= 15 is 0 Å². The van der Waals surface area contributed by atoms with Gasteiger partial charge in [0, 0.05) is 10.2 Å². The molecule has 0 spiro atoms. The lowest BCUT2D eigenvalue weighted by atomic mass is 10.2. The van der Waals surface area contributed by atoms with E-state index < -0.39 is 0 Å². The van der Waals surface area contributed by atoms with E-state index in [9.17, 15) is 4.79 Å². The van der Waals surface area contributed by atoms with Gasteiger partial charge < -0.3 is 10.1 Å². The van der Waals surface area contributed by atoms with E-state index in [4.69, 9.17) is 0 Å². The molecule has 0 bridgehead atoms. The predicted octanol–water partition coefficient (Wildman–Crippen LogP) is 2.42. The molecular weight excluding hydrogens is 246 g/mol. The molecule has 1 aromatic rings. The molecule has 1 aromatic carbocycles. The van der Waals surface area contributed by atoms with Crippen molar-refractivity contribution in [3.05, 3.63) is 28.7 Å². The van der Waals surface area contributed by atoms with Gasteiger partial charge in [-0.15, -0.1) is 0 Å². The molecule has 0 heterocycles. The molecule has 0 radical (unpaired) electrons. The molecule has 0 amide bonds. The minimum atomic E-state index is -0.348. The summed E-state index contributed by atoms with van der Waals surface area (Å²) in [5.41, 5.74) is 0.880. The van der Waals surface area contributed by atoms with E-state index in [2.05, 4.69) is 26.0 Å². The Hall–Kier alpha value is -1.03. The number of benzene rings is 1. The fraction of sp³-hybridized carbons (Fsp3) is 0.300. The molecular formula is C10H12BrNO2. The van der Waals surface area contributed by atoms with Crippen LogP contribution < -0.4 is 5.32 Å². The van der Waals surface area contributed by atoms with E-state index in [0.717, 1.165) is 10.2 Å². The number of esters is 1. The lowest BCUT2D eigenvalue weighted by molar-refractivity contribution is -0.141. The van der Waals surface area contributed by atoms with Crippen LogP contribution in [-0.2, 0) is 9.53 Å². The molecule has 0 aliphatic heterocycles. The summed E-state index contributed by atoms with van der Waals surface area (Å²) in [6.45, 7) is 1.76. The number of rotatable bonds is 3. The molecule has 0 fully saturated rings. The smallest absolute Gasteiger partial charge is 0.327 e. The average Bonchev–Trinajstić information content (AvgIpc) is 2.20. The molecule has 0 aromatic heterocycles. The number of para-hydroxylation sites is 1. The average molecular weight is 258 g/mol. The normalized spacial score (nSPS) is 11.9. The number of hydrogen-bond acceptors (Lipinski definition) is 3. The first-order valence-corrected chi connectivity index (χ1v) is 5.03. The molecule has 1 rings (SSSR count). The molecule has 14 heavy (non-hydrogen) atoms. The highest BCUT2D eigenvalue weighted by atomic mass is 79.9. The van der Waals surface area contributed by atoms with Crippen LogP contribution in [0, 0.1) is 0 Å². The van der Waals surface area contributed by atoms with Gasteiger partial charge in [-0.1, -0.05) is 12.1 Å². The fourth-order valence-electron chi connectivity index (χ4n) is 1.05. The number of nitrogens with one attached hydrogen (secondary N) is 1. The minimum absolute atomic E-state index is 0.277. The van der Waals surface area contributed by atoms with Crippen molar-refractivity contribution >= 4 is 27.6 Å². The lowest BCUT2D eigenvalue weighted by Crippen LogP contribution is -2.27. The van der Waals surface area contributed by atoms with Crippen LogP contribution in [0.1, 0.15) is 6.92 Å². The first kappa shape index (κ1) is 11.0. The first-order valence-electron chi connectivity index (χ1n) is 4.24. The van der Waals surface area contributed by atoms with Crippen molar-refractivity contribution in [3.8, 4) is 0 Å². The topological polar surface area (TPSA) is 38.3 Å². The van der Waals surface area contributed by atoms with Gasteiger partial charge in [-0.3, -0.25) is 0 Å². The van der Waals surface area contributed by atoms with Crippen molar-refractivity contribution in [1.82, 2.24) is 0 Å². The second-order valence-electron chi connectivity index (χ2n) is 2.87. The Balaban J connectivity index is 2.69. The highest BCUT2D eigenvalue weighted by molar-refractivity contribution is 9.10. The van der Waals surface area contributed by atoms with Crippen LogP contribution >= 0.6 is 15.9 Å². The van der Waals surface area contributed by atoms with Gasteiger partial charge in [-0.05, 0) is 35.0 Å². The maximum Gasteiger partial charge on any atom is 0.327 e. The Kier molecular flexibility index (Phi) is 3.95. The number of hydrogen-bond donors (Lipinski definition) is 1. The van der Waals surface area contributed by atoms with Crippen LogP contribution in [0.15, 0.2) is 28.7 Å². The number of carbonyl (C=O) groups excluding carboxylic acids is 1. The third-order valence-corrected chi connectivity index (χ3v) is 2.49. The molecule has 0 aliphatic rings. The number of carbonyl (C=O) groups is 1. The molecule has 4 heteroatoms. The maximum absolute atomic E-state index is 11.1. The van der Waals surface area contributed by atoms with Crippen molar-refractivity contribution in [2.45, 2.75) is 13.0 Å². The monoisotopic (exact) mass is 257 g/mol. The van der Waals surface area contributed by atoms with Crippen LogP contribution in [0.3, 0.4) is 0 Å². The second kappa shape index (κ2) is 5.00. The van der Waals surface area contributed by atoms with Gasteiger partial charge in [-0.25, -0.2) is 4.79 Å². The van der Waals surface area contributed by atoms with Crippen molar-refractivity contribution < 1.29 is 9.53 Å². The third-order valence-electron chi connectivity index (χ3n) is 1.80. The van der Waals surface area contributed by atoms with Crippen molar-refractivity contribution in [3.63, 3.8) is 0 Å². The van der Waals surface area contributed by atoms with E-state index in [1.807, 2.05) is 24.3 Å². The van der Waals surface area contributed by atoms with Crippen LogP contribution in [0.4, 0.5) is 5.69 Å². The Morgan fingerprint density at radius 1 is 1.50 bits per heavy atom. The summed E-state index contributed by atoms with van der Waals surface area (Å²) >= 11 is 3.38. The van der Waals surface area contributed by atoms with Crippen LogP contribution in [0.2, 0.25) is 0 Å². The van der Waals surface area contributed by atoms with Crippen molar-refractivity contribution in [2.24, 2.45) is 0 Å². The van der Waals surface area contributed by atoms with Gasteiger partial charge in [0.25, 0.3) is 0 Å². The van der Waals surface area contributed by atoms with Gasteiger partial charge in [0.1, 0.15) is 6.04 Å². The zero-order chi connectivity index (χ0) is 10.6. The molecule has 1 atom stereocenters. The number of methoxy groups -OCH3 is 1. The number of anilines is 1. The zero-order valence-electron chi connectivity index (χ0n) is 8.08.